The first-order valence-electron chi connectivity index (χ1n) is 16.4. The number of fused-ring (bicyclic) bond motifs is 1. The van der Waals surface area contributed by atoms with Gasteiger partial charge in [0.05, 0.1) is 5.41 Å². The van der Waals surface area contributed by atoms with Gasteiger partial charge in [0, 0.05) is 58.3 Å². The molecule has 0 aromatic rings. The minimum absolute atomic E-state index is 0.00217. The minimum atomic E-state index is -1.53. The maximum atomic E-state index is 13.3. The van der Waals surface area contributed by atoms with Gasteiger partial charge in [-0.1, -0.05) is 33.3 Å². The molecule has 0 unspecified atom stereocenters. The molecule has 2 aliphatic heterocycles. The van der Waals surface area contributed by atoms with E-state index in [1.807, 2.05) is 13.8 Å². The Morgan fingerprint density at radius 2 is 1.36 bits per heavy atom. The highest BCUT2D eigenvalue weighted by Crippen LogP contribution is 2.66. The van der Waals surface area contributed by atoms with Crippen LogP contribution in [0, 0.1) is 17.3 Å². The average Bonchev–Trinajstić information content (AvgIpc) is 3.54. The van der Waals surface area contributed by atoms with E-state index in [0.717, 1.165) is 0 Å². The molecule has 3 fully saturated rings. The molecule has 0 aromatic carbocycles. The molecule has 2 saturated heterocycles. The smallest absolute Gasteiger partial charge is 0.342 e. The zero-order valence-electron chi connectivity index (χ0n) is 28.7. The Morgan fingerprint density at radius 1 is 0.830 bits per heavy atom. The SMILES string of the molecule is CCCC(=O)O[C@H]1C[C@H](OC(C)=O)[C@@]2(C)[C@H]([C@H]1C)[C@H](OC(C)=O)[C@]13O[C@@]1(C)C(=O)O[C@H]3/C=C(/C)C[C@H](OC(=O)CCC)[C@H]2OC(C)=O. The van der Waals surface area contributed by atoms with Crippen molar-refractivity contribution < 1.29 is 61.9 Å². The molecular weight excluding hydrogens is 616 g/mol. The van der Waals surface area contributed by atoms with Gasteiger partial charge < -0.3 is 33.2 Å². The Morgan fingerprint density at radius 3 is 1.87 bits per heavy atom. The quantitative estimate of drug-likeness (QED) is 0.152. The summed E-state index contributed by atoms with van der Waals surface area (Å²) in [7, 11) is 0. The number of carbonyl (C=O) groups is 6. The van der Waals surface area contributed by atoms with Crippen molar-refractivity contribution in [3.8, 4) is 0 Å². The lowest BCUT2D eigenvalue weighted by molar-refractivity contribution is -0.248. The number of rotatable bonds is 9. The van der Waals surface area contributed by atoms with E-state index in [1.165, 1.54) is 20.8 Å². The van der Waals surface area contributed by atoms with Crippen molar-refractivity contribution >= 4 is 35.8 Å². The summed E-state index contributed by atoms with van der Waals surface area (Å²) in [5, 5.41) is 0. The number of carbonyl (C=O) groups excluding carboxylic acids is 6. The van der Waals surface area contributed by atoms with Crippen LogP contribution in [0.15, 0.2) is 11.6 Å². The fourth-order valence-electron chi connectivity index (χ4n) is 8.11. The Balaban J connectivity index is 2.06. The number of esters is 6. The van der Waals surface area contributed by atoms with Crippen molar-refractivity contribution in [3.05, 3.63) is 11.6 Å². The van der Waals surface area contributed by atoms with E-state index < -0.39 is 101 Å². The molecule has 2 heterocycles. The Hall–Kier alpha value is -3.48. The van der Waals surface area contributed by atoms with Crippen LogP contribution in [0.5, 0.6) is 0 Å². The van der Waals surface area contributed by atoms with Gasteiger partial charge in [-0.2, -0.15) is 0 Å². The Labute approximate surface area is 275 Å². The largest absolute Gasteiger partial charge is 0.462 e. The molecule has 1 saturated carbocycles. The second-order valence-electron chi connectivity index (χ2n) is 13.7. The zero-order valence-corrected chi connectivity index (χ0v) is 28.7. The number of epoxide rings is 1. The number of hydrogen-bond acceptors (Lipinski definition) is 13. The summed E-state index contributed by atoms with van der Waals surface area (Å²) in [6.45, 7) is 14.2. The van der Waals surface area contributed by atoms with Crippen LogP contribution >= 0.6 is 0 Å². The van der Waals surface area contributed by atoms with E-state index in [9.17, 15) is 28.8 Å². The molecule has 11 atom stereocenters. The topological polar surface area (TPSA) is 170 Å². The van der Waals surface area contributed by atoms with Crippen LogP contribution in [0.2, 0.25) is 0 Å². The third-order valence-electron chi connectivity index (χ3n) is 10.2. The Kier molecular flexibility index (Phi) is 10.5. The van der Waals surface area contributed by atoms with Crippen LogP contribution in [0.1, 0.15) is 101 Å². The molecule has 13 nitrogen and oxygen atoms in total. The average molecular weight is 665 g/mol. The van der Waals surface area contributed by atoms with Gasteiger partial charge in [0.25, 0.3) is 0 Å². The Bertz CT molecular complexity index is 1320. The summed E-state index contributed by atoms with van der Waals surface area (Å²) in [6.07, 6.45) is -3.61. The molecule has 13 heteroatoms. The highest BCUT2D eigenvalue weighted by molar-refractivity contribution is 5.89. The van der Waals surface area contributed by atoms with Crippen LogP contribution < -0.4 is 0 Å². The van der Waals surface area contributed by atoms with Crippen LogP contribution in [-0.4, -0.2) is 83.6 Å². The highest BCUT2D eigenvalue weighted by atomic mass is 16.7. The molecule has 2 aliphatic carbocycles. The molecule has 0 bridgehead atoms. The van der Waals surface area contributed by atoms with Gasteiger partial charge in [0.2, 0.25) is 0 Å². The van der Waals surface area contributed by atoms with Gasteiger partial charge in [-0.05, 0) is 32.8 Å². The summed E-state index contributed by atoms with van der Waals surface area (Å²) in [5.74, 6) is -5.35. The first-order valence-corrected chi connectivity index (χ1v) is 16.4. The van der Waals surface area contributed by atoms with Crippen LogP contribution in [-0.2, 0) is 61.9 Å². The normalized spacial score (nSPS) is 40.1. The zero-order chi connectivity index (χ0) is 35.1. The lowest BCUT2D eigenvalue weighted by Crippen LogP contribution is -2.68. The monoisotopic (exact) mass is 664 g/mol. The highest BCUT2D eigenvalue weighted by Gasteiger charge is 2.87. The van der Waals surface area contributed by atoms with Crippen molar-refractivity contribution in [1.29, 1.82) is 0 Å². The third-order valence-corrected chi connectivity index (χ3v) is 10.2. The van der Waals surface area contributed by atoms with Crippen LogP contribution in [0.3, 0.4) is 0 Å². The molecule has 1 spiro atoms. The van der Waals surface area contributed by atoms with Crippen molar-refractivity contribution in [1.82, 2.24) is 0 Å². The van der Waals surface area contributed by atoms with E-state index >= 15 is 0 Å². The van der Waals surface area contributed by atoms with Crippen molar-refractivity contribution in [2.75, 3.05) is 0 Å². The van der Waals surface area contributed by atoms with Gasteiger partial charge in [-0.3, -0.25) is 24.0 Å². The molecule has 0 amide bonds. The second kappa shape index (κ2) is 13.6. The van der Waals surface area contributed by atoms with Crippen molar-refractivity contribution in [2.45, 2.75) is 149 Å². The molecule has 4 rings (SSSR count). The third kappa shape index (κ3) is 6.51. The number of ether oxygens (including phenoxy) is 7. The van der Waals surface area contributed by atoms with Crippen LogP contribution in [0.25, 0.3) is 0 Å². The minimum Gasteiger partial charge on any atom is -0.462 e. The number of hydrogen-bond donors (Lipinski definition) is 0. The lowest BCUT2D eigenvalue weighted by Gasteiger charge is -2.57. The lowest BCUT2D eigenvalue weighted by atomic mass is 9.52. The standard InChI is InChI=1S/C34H48O13/c1-10-12-26(38)44-22-16-24(41-19(5)35)32(8)28(18(22)4)30(43-21(7)37)34-25(46-31(40)33(34,9)47-34)15-17(3)14-23(29(32)42-20(6)36)45-27(39)13-11-2/h15,18,22-25,28-30H,10-14,16H2,1-9H3/b17-15-/t18-,22-,23-,24-,25-,28+,29+,30-,32-,33-,34-/m0/s1. The molecule has 0 N–H and O–H groups in total. The van der Waals surface area contributed by atoms with Gasteiger partial charge in [-0.15, -0.1) is 0 Å². The van der Waals surface area contributed by atoms with E-state index in [-0.39, 0.29) is 25.7 Å². The molecule has 4 aliphatic rings. The maximum absolute atomic E-state index is 13.3. The predicted molar refractivity (Wildman–Crippen MR) is 162 cm³/mol. The van der Waals surface area contributed by atoms with Gasteiger partial charge in [-0.25, -0.2) is 4.79 Å². The molecular formula is C34H48O13. The van der Waals surface area contributed by atoms with Gasteiger partial charge in [0.15, 0.2) is 17.3 Å². The van der Waals surface area contributed by atoms with E-state index in [0.29, 0.717) is 18.4 Å². The second-order valence-corrected chi connectivity index (χ2v) is 13.7. The first-order chi connectivity index (χ1) is 22.0. The molecule has 0 aromatic heterocycles. The predicted octanol–water partition coefficient (Wildman–Crippen LogP) is 3.67. The fourth-order valence-corrected chi connectivity index (χ4v) is 8.11. The first kappa shape index (κ1) is 36.4. The summed E-state index contributed by atoms with van der Waals surface area (Å²) in [6, 6.07) is 0. The van der Waals surface area contributed by atoms with Gasteiger partial charge in [0.1, 0.15) is 30.5 Å². The molecule has 0 radical (unpaired) electrons. The fraction of sp³-hybridized carbons (Fsp3) is 0.765. The van der Waals surface area contributed by atoms with Crippen molar-refractivity contribution in [2.24, 2.45) is 17.3 Å². The van der Waals surface area contributed by atoms with E-state index in [2.05, 4.69) is 0 Å². The summed E-state index contributed by atoms with van der Waals surface area (Å²) in [4.78, 5) is 77.9. The van der Waals surface area contributed by atoms with Gasteiger partial charge >= 0.3 is 35.8 Å². The molecule has 47 heavy (non-hydrogen) atoms. The summed E-state index contributed by atoms with van der Waals surface area (Å²) in [5.41, 5.74) is -3.89. The van der Waals surface area contributed by atoms with Crippen molar-refractivity contribution in [3.63, 3.8) is 0 Å². The molecule has 262 valence electrons. The van der Waals surface area contributed by atoms with Crippen LogP contribution in [0.4, 0.5) is 0 Å². The summed E-state index contributed by atoms with van der Waals surface area (Å²) < 4.78 is 42.4. The summed E-state index contributed by atoms with van der Waals surface area (Å²) >= 11 is 0. The maximum Gasteiger partial charge on any atom is 0.342 e. The van der Waals surface area contributed by atoms with E-state index in [4.69, 9.17) is 33.2 Å². The van der Waals surface area contributed by atoms with E-state index in [1.54, 1.807) is 33.8 Å².